The average Bonchev–Trinajstić information content (AvgIpc) is 2.81. The number of pyridine rings is 1. The minimum absolute atomic E-state index is 0.0850. The monoisotopic (exact) mass is 305 g/mol. The van der Waals surface area contributed by atoms with Gasteiger partial charge in [0.15, 0.2) is 0 Å². The Morgan fingerprint density at radius 3 is 2.68 bits per heavy atom. The summed E-state index contributed by atoms with van der Waals surface area (Å²) in [4.78, 5) is 15.9. The Kier molecular flexibility index (Phi) is 7.16. The number of nitrogens with zero attached hydrogens (tertiary/aromatic N) is 1. The van der Waals surface area contributed by atoms with Crippen LogP contribution in [-0.2, 0) is 4.74 Å². The fraction of sp³-hybridized carbons (Fsp3) is 0.647. The molecule has 0 unspecified atom stereocenters. The lowest BCUT2D eigenvalue weighted by atomic mass is 10.1. The van der Waals surface area contributed by atoms with Gasteiger partial charge in [-0.25, -0.2) is 4.98 Å². The maximum Gasteiger partial charge on any atom is 0.252 e. The molecule has 1 aromatic heterocycles. The lowest BCUT2D eigenvalue weighted by Crippen LogP contribution is -2.22. The molecule has 122 valence electrons. The zero-order valence-corrected chi connectivity index (χ0v) is 13.4. The van der Waals surface area contributed by atoms with E-state index < -0.39 is 0 Å². The molecule has 1 heterocycles. The molecule has 0 spiro atoms. The molecule has 1 aliphatic carbocycles. The molecular formula is C17H27N3O2. The molecular weight excluding hydrogens is 278 g/mol. The number of aromatic nitrogens is 1. The second-order valence-corrected chi connectivity index (χ2v) is 5.70. The third-order valence-corrected chi connectivity index (χ3v) is 3.93. The molecule has 22 heavy (non-hydrogen) atoms. The molecule has 0 radical (unpaired) electrons. The molecule has 0 atom stereocenters. The van der Waals surface area contributed by atoms with Crippen molar-refractivity contribution in [3.63, 3.8) is 0 Å². The minimum atomic E-state index is -0.0850. The van der Waals surface area contributed by atoms with Crippen molar-refractivity contribution in [1.82, 2.24) is 10.3 Å². The summed E-state index contributed by atoms with van der Waals surface area (Å²) in [6, 6.07) is 3.61. The van der Waals surface area contributed by atoms with Gasteiger partial charge in [0.1, 0.15) is 5.82 Å². The summed E-state index contributed by atoms with van der Waals surface area (Å²) >= 11 is 0. The Balaban J connectivity index is 1.67. The van der Waals surface area contributed by atoms with Gasteiger partial charge < -0.3 is 15.4 Å². The zero-order valence-electron chi connectivity index (χ0n) is 13.4. The minimum Gasteiger partial charge on any atom is -0.376 e. The van der Waals surface area contributed by atoms with E-state index in [2.05, 4.69) is 15.6 Å². The van der Waals surface area contributed by atoms with Crippen LogP contribution in [0.2, 0.25) is 0 Å². The van der Waals surface area contributed by atoms with Crippen LogP contribution in [0.5, 0.6) is 0 Å². The first-order valence-electron chi connectivity index (χ1n) is 8.39. The fourth-order valence-corrected chi connectivity index (χ4v) is 2.71. The van der Waals surface area contributed by atoms with Gasteiger partial charge in [-0.05, 0) is 31.9 Å². The third kappa shape index (κ3) is 5.64. The van der Waals surface area contributed by atoms with Gasteiger partial charge in [0, 0.05) is 19.3 Å². The van der Waals surface area contributed by atoms with Gasteiger partial charge in [-0.2, -0.15) is 0 Å². The van der Waals surface area contributed by atoms with Gasteiger partial charge in [-0.1, -0.05) is 25.7 Å². The predicted molar refractivity (Wildman–Crippen MR) is 88.2 cm³/mol. The average molecular weight is 305 g/mol. The smallest absolute Gasteiger partial charge is 0.252 e. The standard InChI is InChI=1S/C17H27N3O2/c1-2-18-17(21)14-9-10-16(20-13-14)19-11-12-22-15-7-5-3-4-6-8-15/h9-10,13,15H,2-8,11-12H2,1H3,(H,18,21)(H,19,20). The first-order chi connectivity index (χ1) is 10.8. The van der Waals surface area contributed by atoms with Crippen molar-refractivity contribution in [3.8, 4) is 0 Å². The Morgan fingerprint density at radius 2 is 2.05 bits per heavy atom. The van der Waals surface area contributed by atoms with Crippen molar-refractivity contribution in [2.45, 2.75) is 51.6 Å². The van der Waals surface area contributed by atoms with Crippen LogP contribution < -0.4 is 10.6 Å². The molecule has 1 fully saturated rings. The van der Waals surface area contributed by atoms with E-state index in [0.717, 1.165) is 12.4 Å². The van der Waals surface area contributed by atoms with Gasteiger partial charge in [-0.15, -0.1) is 0 Å². The number of anilines is 1. The van der Waals surface area contributed by atoms with Crippen LogP contribution in [0.4, 0.5) is 5.82 Å². The van der Waals surface area contributed by atoms with Crippen molar-refractivity contribution in [2.75, 3.05) is 25.0 Å². The topological polar surface area (TPSA) is 63.2 Å². The number of hydrogen-bond acceptors (Lipinski definition) is 4. The molecule has 2 rings (SSSR count). The van der Waals surface area contributed by atoms with Crippen LogP contribution in [-0.4, -0.2) is 36.7 Å². The normalized spacial score (nSPS) is 16.0. The van der Waals surface area contributed by atoms with Crippen LogP contribution in [0.25, 0.3) is 0 Å². The Bertz CT molecular complexity index is 440. The van der Waals surface area contributed by atoms with Gasteiger partial charge in [-0.3, -0.25) is 4.79 Å². The van der Waals surface area contributed by atoms with Gasteiger partial charge in [0.2, 0.25) is 0 Å². The van der Waals surface area contributed by atoms with Gasteiger partial charge in [0.05, 0.1) is 18.3 Å². The van der Waals surface area contributed by atoms with Crippen molar-refractivity contribution in [1.29, 1.82) is 0 Å². The van der Waals surface area contributed by atoms with E-state index in [0.29, 0.717) is 24.8 Å². The Hall–Kier alpha value is -1.62. The summed E-state index contributed by atoms with van der Waals surface area (Å²) in [5, 5.41) is 5.99. The van der Waals surface area contributed by atoms with E-state index in [1.54, 1.807) is 12.3 Å². The van der Waals surface area contributed by atoms with Crippen molar-refractivity contribution in [3.05, 3.63) is 23.9 Å². The van der Waals surface area contributed by atoms with Crippen LogP contribution >= 0.6 is 0 Å². The molecule has 0 aromatic carbocycles. The number of ether oxygens (including phenoxy) is 1. The number of carbonyl (C=O) groups is 1. The summed E-state index contributed by atoms with van der Waals surface area (Å²) < 4.78 is 5.92. The number of rotatable bonds is 7. The zero-order chi connectivity index (χ0) is 15.6. The molecule has 5 nitrogen and oxygen atoms in total. The summed E-state index contributed by atoms with van der Waals surface area (Å²) in [5.74, 6) is 0.691. The number of hydrogen-bond donors (Lipinski definition) is 2. The van der Waals surface area contributed by atoms with E-state index >= 15 is 0 Å². The van der Waals surface area contributed by atoms with Crippen LogP contribution in [0.15, 0.2) is 18.3 Å². The van der Waals surface area contributed by atoms with Crippen molar-refractivity contribution in [2.24, 2.45) is 0 Å². The first-order valence-corrected chi connectivity index (χ1v) is 8.39. The fourth-order valence-electron chi connectivity index (χ4n) is 2.71. The predicted octanol–water partition coefficient (Wildman–Crippen LogP) is 2.98. The summed E-state index contributed by atoms with van der Waals surface area (Å²) in [5.41, 5.74) is 0.585. The largest absolute Gasteiger partial charge is 0.376 e. The van der Waals surface area contributed by atoms with Gasteiger partial charge in [0.25, 0.3) is 5.91 Å². The number of amides is 1. The summed E-state index contributed by atoms with van der Waals surface area (Å²) in [7, 11) is 0. The lowest BCUT2D eigenvalue weighted by molar-refractivity contribution is 0.0501. The molecule has 0 bridgehead atoms. The SMILES string of the molecule is CCNC(=O)c1ccc(NCCOC2CCCCCC2)nc1. The molecule has 1 saturated carbocycles. The van der Waals surface area contributed by atoms with Gasteiger partial charge >= 0.3 is 0 Å². The van der Waals surface area contributed by atoms with Crippen molar-refractivity contribution >= 4 is 11.7 Å². The van der Waals surface area contributed by atoms with E-state index in [4.69, 9.17) is 4.74 Å². The summed E-state index contributed by atoms with van der Waals surface area (Å²) in [6.45, 7) is 3.96. The first kappa shape index (κ1) is 16.7. The molecule has 1 aliphatic rings. The van der Waals surface area contributed by atoms with E-state index in [-0.39, 0.29) is 5.91 Å². The third-order valence-electron chi connectivity index (χ3n) is 3.93. The molecule has 0 aliphatic heterocycles. The molecule has 0 saturated heterocycles. The van der Waals surface area contributed by atoms with E-state index in [1.807, 2.05) is 13.0 Å². The maximum atomic E-state index is 11.6. The summed E-state index contributed by atoms with van der Waals surface area (Å²) in [6.07, 6.45) is 9.69. The molecule has 5 heteroatoms. The lowest BCUT2D eigenvalue weighted by Gasteiger charge is -2.15. The Morgan fingerprint density at radius 1 is 1.27 bits per heavy atom. The van der Waals surface area contributed by atoms with Crippen molar-refractivity contribution < 1.29 is 9.53 Å². The van der Waals surface area contributed by atoms with E-state index in [9.17, 15) is 4.79 Å². The number of carbonyl (C=O) groups excluding carboxylic acids is 1. The number of nitrogens with one attached hydrogen (secondary N) is 2. The maximum absolute atomic E-state index is 11.6. The highest BCUT2D eigenvalue weighted by Gasteiger charge is 2.12. The molecule has 2 N–H and O–H groups in total. The van der Waals surface area contributed by atoms with Crippen LogP contribution in [0, 0.1) is 0 Å². The quantitative estimate of drug-likeness (QED) is 0.600. The highest BCUT2D eigenvalue weighted by molar-refractivity contribution is 5.93. The second kappa shape index (κ2) is 9.41. The highest BCUT2D eigenvalue weighted by Crippen LogP contribution is 2.19. The highest BCUT2D eigenvalue weighted by atomic mass is 16.5. The van der Waals surface area contributed by atoms with Crippen LogP contribution in [0.1, 0.15) is 55.8 Å². The molecule has 1 amide bonds. The molecule has 1 aromatic rings. The van der Waals surface area contributed by atoms with Crippen LogP contribution in [0.3, 0.4) is 0 Å². The Labute approximate surface area is 132 Å². The van der Waals surface area contributed by atoms with E-state index in [1.165, 1.54) is 38.5 Å². The second-order valence-electron chi connectivity index (χ2n) is 5.70.